The van der Waals surface area contributed by atoms with E-state index in [9.17, 15) is 0 Å². The summed E-state index contributed by atoms with van der Waals surface area (Å²) in [6, 6.07) is 17.3. The molecule has 0 aliphatic heterocycles. The Morgan fingerprint density at radius 1 is 0.667 bits per heavy atom. The molecular formula is C20H27N. The van der Waals surface area contributed by atoms with Gasteiger partial charge in [0.1, 0.15) is 0 Å². The molecule has 1 heteroatoms. The highest BCUT2D eigenvalue weighted by Crippen LogP contribution is 2.24. The number of nitrogens with one attached hydrogen (secondary N) is 1. The topological polar surface area (TPSA) is 15.8 Å². The molecule has 3 aromatic rings. The van der Waals surface area contributed by atoms with Gasteiger partial charge in [-0.15, -0.1) is 0 Å². The van der Waals surface area contributed by atoms with Gasteiger partial charge in [0, 0.05) is 16.6 Å². The van der Waals surface area contributed by atoms with Crippen molar-refractivity contribution >= 4 is 10.9 Å². The van der Waals surface area contributed by atoms with Gasteiger partial charge in [-0.05, 0) is 37.6 Å². The number of H-pyrrole nitrogens is 1. The number of rotatable bonds is 1. The first-order valence-corrected chi connectivity index (χ1v) is 7.89. The van der Waals surface area contributed by atoms with Crippen LogP contribution in [-0.4, -0.2) is 4.98 Å². The molecule has 0 aliphatic rings. The molecule has 0 saturated heterocycles. The van der Waals surface area contributed by atoms with E-state index in [0.29, 0.717) is 0 Å². The summed E-state index contributed by atoms with van der Waals surface area (Å²) in [7, 11) is 0. The third-order valence-electron chi connectivity index (χ3n) is 3.14. The van der Waals surface area contributed by atoms with Crippen molar-refractivity contribution in [3.05, 3.63) is 59.7 Å². The Morgan fingerprint density at radius 3 is 1.86 bits per heavy atom. The second-order valence-electron chi connectivity index (χ2n) is 4.64. The fourth-order valence-electron chi connectivity index (χ4n) is 2.14. The van der Waals surface area contributed by atoms with E-state index < -0.39 is 0 Å². The largest absolute Gasteiger partial charge is 0.355 e. The summed E-state index contributed by atoms with van der Waals surface area (Å²) in [5.74, 6) is 0. The van der Waals surface area contributed by atoms with Crippen molar-refractivity contribution in [2.45, 2.75) is 41.5 Å². The van der Waals surface area contributed by atoms with Crippen LogP contribution in [0.3, 0.4) is 0 Å². The minimum atomic E-state index is 1.19. The number of benzene rings is 2. The fraction of sp³-hybridized carbons (Fsp3) is 0.300. The van der Waals surface area contributed by atoms with E-state index in [0.717, 1.165) is 0 Å². The highest BCUT2D eigenvalue weighted by molar-refractivity contribution is 5.86. The molecule has 21 heavy (non-hydrogen) atoms. The van der Waals surface area contributed by atoms with E-state index in [1.807, 2.05) is 27.7 Å². The maximum Gasteiger partial charge on any atom is 0.0464 e. The summed E-state index contributed by atoms with van der Waals surface area (Å²) in [6.45, 7) is 12.2. The predicted molar refractivity (Wildman–Crippen MR) is 95.9 cm³/mol. The lowest BCUT2D eigenvalue weighted by Gasteiger charge is -1.97. The standard InChI is InChI=1S/C16H15N.2C2H6/c1-11-3-6-13(7-4-11)16-10-14-9-12(2)5-8-15(14)17-16;2*1-2/h3-10,17H,1-2H3;2*1-2H3. The van der Waals surface area contributed by atoms with Crippen molar-refractivity contribution in [1.29, 1.82) is 0 Å². The van der Waals surface area contributed by atoms with Crippen LogP contribution in [0.25, 0.3) is 22.2 Å². The van der Waals surface area contributed by atoms with Crippen molar-refractivity contribution in [2.75, 3.05) is 0 Å². The SMILES string of the molecule is CC.CC.Cc1ccc(-c2cc3cc(C)ccc3[nH]2)cc1. The van der Waals surface area contributed by atoms with E-state index >= 15 is 0 Å². The molecule has 1 heterocycles. The molecule has 0 aliphatic carbocycles. The zero-order valence-electron chi connectivity index (χ0n) is 14.1. The summed E-state index contributed by atoms with van der Waals surface area (Å²) in [6.07, 6.45) is 0. The van der Waals surface area contributed by atoms with Crippen molar-refractivity contribution < 1.29 is 0 Å². The quantitative estimate of drug-likeness (QED) is 0.523. The third-order valence-corrected chi connectivity index (χ3v) is 3.14. The molecule has 112 valence electrons. The molecule has 2 aromatic carbocycles. The van der Waals surface area contributed by atoms with Crippen molar-refractivity contribution in [3.63, 3.8) is 0 Å². The van der Waals surface area contributed by atoms with Gasteiger partial charge < -0.3 is 4.98 Å². The van der Waals surface area contributed by atoms with Gasteiger partial charge in [0.05, 0.1) is 0 Å². The monoisotopic (exact) mass is 281 g/mol. The Balaban J connectivity index is 0.000000510. The summed E-state index contributed by atoms with van der Waals surface area (Å²) in [5, 5.41) is 1.28. The highest BCUT2D eigenvalue weighted by atomic mass is 14.7. The Bertz CT molecular complexity index is 660. The highest BCUT2D eigenvalue weighted by Gasteiger charge is 2.02. The summed E-state index contributed by atoms with van der Waals surface area (Å²) >= 11 is 0. The molecule has 0 saturated carbocycles. The zero-order valence-corrected chi connectivity index (χ0v) is 14.1. The van der Waals surface area contributed by atoms with Gasteiger partial charge in [0.15, 0.2) is 0 Å². The Morgan fingerprint density at radius 2 is 1.24 bits per heavy atom. The molecule has 0 atom stereocenters. The lowest BCUT2D eigenvalue weighted by molar-refractivity contribution is 1.42. The first kappa shape index (κ1) is 17.0. The predicted octanol–water partition coefficient (Wildman–Crippen LogP) is 6.50. The number of aryl methyl sites for hydroxylation is 2. The van der Waals surface area contributed by atoms with Gasteiger partial charge in [-0.25, -0.2) is 0 Å². The van der Waals surface area contributed by atoms with Crippen molar-refractivity contribution in [2.24, 2.45) is 0 Å². The average molecular weight is 281 g/mol. The molecule has 0 amide bonds. The smallest absolute Gasteiger partial charge is 0.0464 e. The van der Waals surface area contributed by atoms with E-state index in [1.165, 1.54) is 33.3 Å². The van der Waals surface area contributed by atoms with Crippen LogP contribution in [0.4, 0.5) is 0 Å². The Hall–Kier alpha value is -2.02. The number of fused-ring (bicyclic) bond motifs is 1. The number of aromatic nitrogens is 1. The van der Waals surface area contributed by atoms with E-state index in [2.05, 4.69) is 67.4 Å². The first-order chi connectivity index (χ1) is 10.2. The summed E-state index contributed by atoms with van der Waals surface area (Å²) < 4.78 is 0. The Labute approximate surface area is 129 Å². The molecule has 0 bridgehead atoms. The lowest BCUT2D eigenvalue weighted by atomic mass is 10.1. The van der Waals surface area contributed by atoms with Crippen molar-refractivity contribution in [1.82, 2.24) is 4.98 Å². The molecule has 3 rings (SSSR count). The Kier molecular flexibility index (Phi) is 6.74. The van der Waals surface area contributed by atoms with Crippen LogP contribution in [-0.2, 0) is 0 Å². The zero-order chi connectivity index (χ0) is 15.8. The minimum Gasteiger partial charge on any atom is -0.355 e. The van der Waals surface area contributed by atoms with Crippen LogP contribution in [0.2, 0.25) is 0 Å². The van der Waals surface area contributed by atoms with Gasteiger partial charge in [-0.3, -0.25) is 0 Å². The van der Waals surface area contributed by atoms with E-state index in [-0.39, 0.29) is 0 Å². The molecule has 0 fully saturated rings. The van der Waals surface area contributed by atoms with Crippen LogP contribution in [0.15, 0.2) is 48.5 Å². The van der Waals surface area contributed by atoms with Gasteiger partial charge in [0.25, 0.3) is 0 Å². The minimum absolute atomic E-state index is 1.19. The molecular weight excluding hydrogens is 254 g/mol. The maximum absolute atomic E-state index is 3.46. The van der Waals surface area contributed by atoms with Crippen molar-refractivity contribution in [3.8, 4) is 11.3 Å². The fourth-order valence-corrected chi connectivity index (χ4v) is 2.14. The van der Waals surface area contributed by atoms with Crippen LogP contribution < -0.4 is 0 Å². The number of aromatic amines is 1. The molecule has 0 radical (unpaired) electrons. The molecule has 1 N–H and O–H groups in total. The second-order valence-corrected chi connectivity index (χ2v) is 4.64. The normalized spacial score (nSPS) is 9.43. The second kappa shape index (κ2) is 8.31. The maximum atomic E-state index is 3.46. The van der Waals surface area contributed by atoms with Crippen LogP contribution in [0.5, 0.6) is 0 Å². The van der Waals surface area contributed by atoms with E-state index in [1.54, 1.807) is 0 Å². The average Bonchev–Trinajstić information content (AvgIpc) is 2.95. The van der Waals surface area contributed by atoms with E-state index in [4.69, 9.17) is 0 Å². The van der Waals surface area contributed by atoms with Crippen LogP contribution in [0.1, 0.15) is 38.8 Å². The van der Waals surface area contributed by atoms with Gasteiger partial charge in [-0.1, -0.05) is 69.2 Å². The van der Waals surface area contributed by atoms with Crippen LogP contribution >= 0.6 is 0 Å². The van der Waals surface area contributed by atoms with Gasteiger partial charge >= 0.3 is 0 Å². The van der Waals surface area contributed by atoms with Gasteiger partial charge in [-0.2, -0.15) is 0 Å². The third kappa shape index (κ3) is 4.22. The number of hydrogen-bond donors (Lipinski definition) is 1. The molecule has 0 spiro atoms. The van der Waals surface area contributed by atoms with Gasteiger partial charge in [0.2, 0.25) is 0 Å². The lowest BCUT2D eigenvalue weighted by Crippen LogP contribution is -1.77. The number of hydrogen-bond acceptors (Lipinski definition) is 0. The van der Waals surface area contributed by atoms with Crippen LogP contribution in [0, 0.1) is 13.8 Å². The molecule has 1 nitrogen and oxygen atoms in total. The first-order valence-electron chi connectivity index (χ1n) is 7.89. The summed E-state index contributed by atoms with van der Waals surface area (Å²) in [5.41, 5.74) is 6.22. The molecule has 0 unspecified atom stereocenters. The molecule has 1 aromatic heterocycles. The summed E-state index contributed by atoms with van der Waals surface area (Å²) in [4.78, 5) is 3.46.